The molecule has 182 valence electrons. The van der Waals surface area contributed by atoms with Gasteiger partial charge in [0.15, 0.2) is 11.5 Å². The maximum Gasteiger partial charge on any atom is 0.205 e. The maximum atomic E-state index is 11.0. The van der Waals surface area contributed by atoms with Gasteiger partial charge >= 0.3 is 0 Å². The highest BCUT2D eigenvalue weighted by Crippen LogP contribution is 2.57. The van der Waals surface area contributed by atoms with Crippen molar-refractivity contribution in [2.24, 2.45) is 0 Å². The minimum Gasteiger partial charge on any atom is -0.504 e. The molecule has 0 aliphatic rings. The number of aromatic nitrogens is 1. The van der Waals surface area contributed by atoms with Crippen LogP contribution in [0.5, 0.6) is 23.0 Å². The molecule has 0 fully saturated rings. The molecule has 2 aromatic heterocycles. The number of thiophene rings is 1. The Morgan fingerprint density at radius 3 is 1.92 bits per heavy atom. The zero-order chi connectivity index (χ0) is 25.7. The van der Waals surface area contributed by atoms with Crippen LogP contribution in [0.3, 0.4) is 0 Å². The Bertz CT molecular complexity index is 2280. The first-order valence-corrected chi connectivity index (χ1v) is 13.0. The Labute approximate surface area is 219 Å². The van der Waals surface area contributed by atoms with Crippen LogP contribution in [0.25, 0.3) is 69.2 Å². The lowest BCUT2D eigenvalue weighted by Crippen LogP contribution is -1.94. The lowest BCUT2D eigenvalue weighted by molar-refractivity contribution is 0.351. The Hall–Kier alpha value is -4.94. The summed E-state index contributed by atoms with van der Waals surface area (Å²) in [4.78, 5) is 0. The van der Waals surface area contributed by atoms with E-state index in [1.807, 2.05) is 48.5 Å². The van der Waals surface area contributed by atoms with Crippen LogP contribution in [0.2, 0.25) is 0 Å². The Kier molecular flexibility index (Phi) is 4.07. The number of para-hydroxylation sites is 1. The van der Waals surface area contributed by atoms with E-state index in [2.05, 4.69) is 47.0 Å². The van der Waals surface area contributed by atoms with E-state index in [-0.39, 0.29) is 0 Å². The summed E-state index contributed by atoms with van der Waals surface area (Å²) >= 11 is 1.31. The van der Waals surface area contributed by atoms with E-state index in [4.69, 9.17) is 0 Å². The molecular weight excluding hydrogens is 494 g/mol. The summed E-state index contributed by atoms with van der Waals surface area (Å²) in [7, 11) is 0. The minimum absolute atomic E-state index is 0.325. The van der Waals surface area contributed by atoms with E-state index in [0.717, 1.165) is 59.1 Å². The molecule has 8 aromatic rings. The lowest BCUT2D eigenvalue weighted by atomic mass is 9.97. The predicted octanol–water partition coefficient (Wildman–Crippen LogP) is 8.28. The molecule has 0 unspecified atom stereocenters. The normalized spacial score (nSPS) is 12.1. The van der Waals surface area contributed by atoms with Crippen molar-refractivity contribution in [3.63, 3.8) is 0 Å². The van der Waals surface area contributed by atoms with Gasteiger partial charge in [-0.15, -0.1) is 11.3 Å². The zero-order valence-corrected chi connectivity index (χ0v) is 20.6. The molecule has 0 amide bonds. The van der Waals surface area contributed by atoms with Crippen LogP contribution in [0, 0.1) is 0 Å². The third kappa shape index (κ3) is 2.50. The zero-order valence-electron chi connectivity index (χ0n) is 19.8. The smallest absolute Gasteiger partial charge is 0.205 e. The fraction of sp³-hybridized carbons (Fsp3) is 0. The van der Waals surface area contributed by atoms with Crippen LogP contribution in [-0.4, -0.2) is 25.0 Å². The molecule has 4 N–H and O–H groups in total. The fourth-order valence-electron chi connectivity index (χ4n) is 6.00. The van der Waals surface area contributed by atoms with Crippen molar-refractivity contribution in [2.45, 2.75) is 0 Å². The van der Waals surface area contributed by atoms with Crippen LogP contribution in [-0.2, 0) is 0 Å². The van der Waals surface area contributed by atoms with Crippen LogP contribution in [0.15, 0.2) is 91.0 Å². The van der Waals surface area contributed by atoms with Gasteiger partial charge in [-0.3, -0.25) is 0 Å². The monoisotopic (exact) mass is 513 g/mol. The molecule has 0 aliphatic heterocycles. The van der Waals surface area contributed by atoms with Crippen LogP contribution in [0.1, 0.15) is 0 Å². The molecule has 0 spiro atoms. The van der Waals surface area contributed by atoms with Crippen LogP contribution >= 0.6 is 11.3 Å². The summed E-state index contributed by atoms with van der Waals surface area (Å²) in [5, 5.41) is 49.9. The topological polar surface area (TPSA) is 85.9 Å². The van der Waals surface area contributed by atoms with Crippen molar-refractivity contribution >= 4 is 74.9 Å². The van der Waals surface area contributed by atoms with Crippen molar-refractivity contribution in [1.82, 2.24) is 4.57 Å². The first-order valence-electron chi connectivity index (χ1n) is 12.2. The number of hydrogen-bond donors (Lipinski definition) is 4. The quantitative estimate of drug-likeness (QED) is 0.131. The number of phenols is 4. The van der Waals surface area contributed by atoms with Crippen molar-refractivity contribution in [1.29, 1.82) is 0 Å². The number of aromatic hydroxyl groups is 4. The first kappa shape index (κ1) is 21.2. The standard InChI is InChI=1S/C32H19NO4S/c34-27-25-23-19-12-6-7-13-20(19)26-24(31(23)38-32(25)30(37)29(36)28(27)35)22-18-11-5-4-8-16(18)14-15-21(22)33(26)17-9-2-1-3-10-17/h1-15,34-37H. The first-order chi connectivity index (χ1) is 18.6. The Balaban J connectivity index is 1.79. The van der Waals surface area contributed by atoms with Crippen LogP contribution in [0.4, 0.5) is 0 Å². The van der Waals surface area contributed by atoms with Gasteiger partial charge in [-0.25, -0.2) is 0 Å². The maximum absolute atomic E-state index is 11.0. The SMILES string of the molecule is Oc1c(O)c(O)c2c(sc3c2c2ccccc2c2c3c3c4ccccc4ccc3n2-c2ccccc2)c1O. The number of nitrogens with zero attached hydrogens (tertiary/aromatic N) is 1. The van der Waals surface area contributed by atoms with E-state index >= 15 is 0 Å². The number of hydrogen-bond acceptors (Lipinski definition) is 5. The second kappa shape index (κ2) is 7.31. The summed E-state index contributed by atoms with van der Waals surface area (Å²) in [6.45, 7) is 0. The number of fused-ring (bicyclic) bond motifs is 12. The molecule has 2 heterocycles. The third-order valence-corrected chi connectivity index (χ3v) is 8.80. The highest BCUT2D eigenvalue weighted by molar-refractivity contribution is 7.27. The molecule has 0 bridgehead atoms. The second-order valence-corrected chi connectivity index (χ2v) is 10.5. The molecule has 6 aromatic carbocycles. The van der Waals surface area contributed by atoms with E-state index in [1.54, 1.807) is 0 Å². The van der Waals surface area contributed by atoms with Gasteiger partial charge in [-0.2, -0.15) is 0 Å². The minimum atomic E-state index is -0.726. The van der Waals surface area contributed by atoms with Crippen molar-refractivity contribution in [3.8, 4) is 28.7 Å². The van der Waals surface area contributed by atoms with Crippen molar-refractivity contribution in [3.05, 3.63) is 91.0 Å². The van der Waals surface area contributed by atoms with Crippen molar-refractivity contribution in [2.75, 3.05) is 0 Å². The molecule has 5 nitrogen and oxygen atoms in total. The van der Waals surface area contributed by atoms with Gasteiger partial charge in [0.1, 0.15) is 0 Å². The molecule has 0 saturated heterocycles. The molecule has 0 aliphatic carbocycles. The van der Waals surface area contributed by atoms with E-state index in [1.165, 1.54) is 11.3 Å². The van der Waals surface area contributed by atoms with Gasteiger partial charge in [-0.1, -0.05) is 72.8 Å². The molecule has 0 radical (unpaired) electrons. The van der Waals surface area contributed by atoms with E-state index in [0.29, 0.717) is 10.1 Å². The molecule has 38 heavy (non-hydrogen) atoms. The summed E-state index contributed by atoms with van der Waals surface area (Å²) in [5.41, 5.74) is 3.08. The summed E-state index contributed by atoms with van der Waals surface area (Å²) in [6.07, 6.45) is 0. The second-order valence-electron chi connectivity index (χ2n) is 9.53. The lowest BCUT2D eigenvalue weighted by Gasteiger charge is -2.11. The average Bonchev–Trinajstić information content (AvgIpc) is 3.53. The summed E-state index contributed by atoms with van der Waals surface area (Å²) < 4.78 is 3.46. The fourth-order valence-corrected chi connectivity index (χ4v) is 7.31. The van der Waals surface area contributed by atoms with E-state index < -0.39 is 23.0 Å². The van der Waals surface area contributed by atoms with E-state index in [9.17, 15) is 20.4 Å². The average molecular weight is 514 g/mol. The van der Waals surface area contributed by atoms with Gasteiger partial charge in [-0.05, 0) is 34.4 Å². The Morgan fingerprint density at radius 2 is 1.13 bits per heavy atom. The molecular formula is C32H19NO4S. The summed E-state index contributed by atoms with van der Waals surface area (Å²) in [6, 6.07) is 30.8. The Morgan fingerprint density at radius 1 is 0.474 bits per heavy atom. The molecule has 6 heteroatoms. The predicted molar refractivity (Wildman–Crippen MR) is 155 cm³/mol. The highest BCUT2D eigenvalue weighted by Gasteiger charge is 2.27. The molecule has 0 atom stereocenters. The number of rotatable bonds is 1. The largest absolute Gasteiger partial charge is 0.504 e. The van der Waals surface area contributed by atoms with Gasteiger partial charge in [0.2, 0.25) is 11.5 Å². The van der Waals surface area contributed by atoms with Crippen LogP contribution < -0.4 is 0 Å². The van der Waals surface area contributed by atoms with Crippen molar-refractivity contribution < 1.29 is 20.4 Å². The summed E-state index contributed by atoms with van der Waals surface area (Å²) in [5.74, 6) is -2.33. The highest BCUT2D eigenvalue weighted by atomic mass is 32.1. The number of phenolic OH excluding ortho intramolecular Hbond substituents is 4. The van der Waals surface area contributed by atoms with Gasteiger partial charge in [0, 0.05) is 31.9 Å². The molecule has 8 rings (SSSR count). The third-order valence-electron chi connectivity index (χ3n) is 7.58. The van der Waals surface area contributed by atoms with Gasteiger partial charge in [0.25, 0.3) is 0 Å². The number of benzene rings is 6. The molecule has 0 saturated carbocycles. The van der Waals surface area contributed by atoms with Gasteiger partial charge < -0.3 is 25.0 Å². The van der Waals surface area contributed by atoms with Gasteiger partial charge in [0.05, 0.1) is 21.1 Å².